The van der Waals surface area contributed by atoms with Gasteiger partial charge in [-0.1, -0.05) is 24.5 Å². The molecule has 1 aromatic rings. The van der Waals surface area contributed by atoms with Gasteiger partial charge in [0.1, 0.15) is 0 Å². The van der Waals surface area contributed by atoms with E-state index in [1.807, 2.05) is 25.1 Å². The van der Waals surface area contributed by atoms with Gasteiger partial charge in [0.15, 0.2) is 0 Å². The number of ether oxygens (including phenoxy) is 1. The summed E-state index contributed by atoms with van der Waals surface area (Å²) in [7, 11) is 1.43. The number of esters is 1. The number of carbonyl (C=O) groups excluding carboxylic acids is 1. The zero-order valence-corrected chi connectivity index (χ0v) is 12.0. The normalized spacial score (nSPS) is 17.2. The minimum absolute atomic E-state index is 0.273. The molecule has 0 spiro atoms. The highest BCUT2D eigenvalue weighted by Gasteiger charge is 2.22. The van der Waals surface area contributed by atoms with Gasteiger partial charge in [0.05, 0.1) is 12.7 Å². The molecule has 0 aromatic heterocycles. The first-order valence-electron chi connectivity index (χ1n) is 7.07. The predicted octanol–water partition coefficient (Wildman–Crippen LogP) is 3.77. The zero-order chi connectivity index (χ0) is 13.8. The Labute approximate surface area is 115 Å². The molecular formula is C16H23NO2. The van der Waals surface area contributed by atoms with E-state index in [1.54, 1.807) is 0 Å². The van der Waals surface area contributed by atoms with Gasteiger partial charge in [-0.2, -0.15) is 0 Å². The standard InChI is InChI=1S/C16H23NO2/c1-11-8-9-15(14(10-11)16(18)19-3)17-12(2)13-6-4-5-7-13/h8-10,12-13,17H,4-7H2,1-3H3. The lowest BCUT2D eigenvalue weighted by molar-refractivity contribution is 0.0601. The van der Waals surface area contributed by atoms with Crippen LogP contribution in [0.5, 0.6) is 0 Å². The quantitative estimate of drug-likeness (QED) is 0.838. The van der Waals surface area contributed by atoms with Crippen LogP contribution in [0, 0.1) is 12.8 Å². The number of carbonyl (C=O) groups is 1. The van der Waals surface area contributed by atoms with E-state index in [0.29, 0.717) is 17.5 Å². The molecule has 1 aliphatic rings. The Morgan fingerprint density at radius 1 is 1.37 bits per heavy atom. The van der Waals surface area contributed by atoms with Crippen molar-refractivity contribution in [1.82, 2.24) is 0 Å². The Morgan fingerprint density at radius 2 is 2.05 bits per heavy atom. The van der Waals surface area contributed by atoms with Crippen LogP contribution in [-0.2, 0) is 4.74 Å². The first-order chi connectivity index (χ1) is 9.11. The summed E-state index contributed by atoms with van der Waals surface area (Å²) >= 11 is 0. The van der Waals surface area contributed by atoms with Crippen LogP contribution < -0.4 is 5.32 Å². The van der Waals surface area contributed by atoms with Crippen molar-refractivity contribution >= 4 is 11.7 Å². The largest absolute Gasteiger partial charge is 0.465 e. The fourth-order valence-corrected chi connectivity index (χ4v) is 2.88. The van der Waals surface area contributed by atoms with Gasteiger partial charge in [0.25, 0.3) is 0 Å². The van der Waals surface area contributed by atoms with E-state index in [2.05, 4.69) is 12.2 Å². The maximum Gasteiger partial charge on any atom is 0.339 e. The molecule has 0 aliphatic heterocycles. The number of nitrogens with one attached hydrogen (secondary N) is 1. The molecule has 1 aliphatic carbocycles. The fourth-order valence-electron chi connectivity index (χ4n) is 2.88. The summed E-state index contributed by atoms with van der Waals surface area (Å²) in [6, 6.07) is 6.28. The van der Waals surface area contributed by atoms with Crippen LogP contribution in [0.25, 0.3) is 0 Å². The molecule has 1 saturated carbocycles. The zero-order valence-electron chi connectivity index (χ0n) is 12.0. The molecule has 1 unspecified atom stereocenters. The van der Waals surface area contributed by atoms with Gasteiger partial charge in [-0.05, 0) is 44.7 Å². The van der Waals surface area contributed by atoms with Crippen LogP contribution >= 0.6 is 0 Å². The van der Waals surface area contributed by atoms with Crippen LogP contribution in [0.1, 0.15) is 48.5 Å². The first-order valence-corrected chi connectivity index (χ1v) is 7.07. The maximum absolute atomic E-state index is 11.8. The summed E-state index contributed by atoms with van der Waals surface area (Å²) in [6.45, 7) is 4.19. The average Bonchev–Trinajstić information content (AvgIpc) is 2.94. The van der Waals surface area contributed by atoms with E-state index < -0.39 is 0 Å². The van der Waals surface area contributed by atoms with E-state index in [0.717, 1.165) is 11.3 Å². The van der Waals surface area contributed by atoms with E-state index in [1.165, 1.54) is 32.8 Å². The van der Waals surface area contributed by atoms with E-state index in [9.17, 15) is 4.79 Å². The molecule has 19 heavy (non-hydrogen) atoms. The number of hydrogen-bond acceptors (Lipinski definition) is 3. The van der Waals surface area contributed by atoms with Crippen molar-refractivity contribution in [2.45, 2.75) is 45.6 Å². The molecule has 1 aromatic carbocycles. The van der Waals surface area contributed by atoms with Gasteiger partial charge in [-0.15, -0.1) is 0 Å². The Balaban J connectivity index is 2.16. The summed E-state index contributed by atoms with van der Waals surface area (Å²) in [4.78, 5) is 11.8. The molecule has 3 heteroatoms. The van der Waals surface area contributed by atoms with Crippen LogP contribution in [0.4, 0.5) is 5.69 Å². The molecule has 2 rings (SSSR count). The smallest absolute Gasteiger partial charge is 0.339 e. The van der Waals surface area contributed by atoms with Gasteiger partial charge < -0.3 is 10.1 Å². The Kier molecular flexibility index (Phi) is 4.46. The van der Waals surface area contributed by atoms with Crippen LogP contribution in [0.3, 0.4) is 0 Å². The van der Waals surface area contributed by atoms with Crippen LogP contribution in [0.2, 0.25) is 0 Å². The topological polar surface area (TPSA) is 38.3 Å². The van der Waals surface area contributed by atoms with Gasteiger partial charge in [0.2, 0.25) is 0 Å². The Morgan fingerprint density at radius 3 is 2.68 bits per heavy atom. The highest BCUT2D eigenvalue weighted by atomic mass is 16.5. The highest BCUT2D eigenvalue weighted by molar-refractivity contribution is 5.95. The van der Waals surface area contributed by atoms with Crippen molar-refractivity contribution in [2.24, 2.45) is 5.92 Å². The molecule has 1 atom stereocenters. The van der Waals surface area contributed by atoms with Crippen LogP contribution in [0.15, 0.2) is 18.2 Å². The number of methoxy groups -OCH3 is 1. The molecular weight excluding hydrogens is 238 g/mol. The number of aryl methyl sites for hydroxylation is 1. The third-order valence-corrected chi connectivity index (χ3v) is 4.07. The third-order valence-electron chi connectivity index (χ3n) is 4.07. The third kappa shape index (κ3) is 3.28. The van der Waals surface area contributed by atoms with Gasteiger partial charge in [-0.25, -0.2) is 4.79 Å². The number of anilines is 1. The summed E-state index contributed by atoms with van der Waals surface area (Å²) < 4.78 is 4.86. The minimum Gasteiger partial charge on any atom is -0.465 e. The van der Waals surface area contributed by atoms with Gasteiger partial charge >= 0.3 is 5.97 Å². The van der Waals surface area contributed by atoms with E-state index in [4.69, 9.17) is 4.74 Å². The van der Waals surface area contributed by atoms with Gasteiger partial charge in [0, 0.05) is 11.7 Å². The lowest BCUT2D eigenvalue weighted by atomic mass is 9.98. The number of benzene rings is 1. The number of hydrogen-bond donors (Lipinski definition) is 1. The van der Waals surface area contributed by atoms with Crippen molar-refractivity contribution < 1.29 is 9.53 Å². The van der Waals surface area contributed by atoms with Crippen molar-refractivity contribution in [1.29, 1.82) is 0 Å². The summed E-state index contributed by atoms with van der Waals surface area (Å²) in [5.74, 6) is 0.441. The SMILES string of the molecule is COC(=O)c1cc(C)ccc1NC(C)C1CCCC1. The second-order valence-corrected chi connectivity index (χ2v) is 5.52. The molecule has 1 N–H and O–H groups in total. The van der Waals surface area contributed by atoms with Crippen LogP contribution in [-0.4, -0.2) is 19.1 Å². The van der Waals surface area contributed by atoms with Crippen molar-refractivity contribution in [2.75, 3.05) is 12.4 Å². The molecule has 104 valence electrons. The van der Waals surface area contributed by atoms with E-state index >= 15 is 0 Å². The average molecular weight is 261 g/mol. The first kappa shape index (κ1) is 13.9. The van der Waals surface area contributed by atoms with Crippen molar-refractivity contribution in [3.63, 3.8) is 0 Å². The predicted molar refractivity (Wildman–Crippen MR) is 77.6 cm³/mol. The summed E-state index contributed by atoms with van der Waals surface area (Å²) in [6.07, 6.45) is 5.23. The summed E-state index contributed by atoms with van der Waals surface area (Å²) in [5.41, 5.74) is 2.59. The highest BCUT2D eigenvalue weighted by Crippen LogP contribution is 2.30. The molecule has 0 heterocycles. The molecule has 0 bridgehead atoms. The molecule has 1 fully saturated rings. The molecule has 3 nitrogen and oxygen atoms in total. The lowest BCUT2D eigenvalue weighted by Gasteiger charge is -2.23. The van der Waals surface area contributed by atoms with E-state index in [-0.39, 0.29) is 5.97 Å². The summed E-state index contributed by atoms with van der Waals surface area (Å²) in [5, 5.41) is 3.49. The monoisotopic (exact) mass is 261 g/mol. The molecule has 0 amide bonds. The van der Waals surface area contributed by atoms with Crippen molar-refractivity contribution in [3.8, 4) is 0 Å². The lowest BCUT2D eigenvalue weighted by Crippen LogP contribution is -2.25. The van der Waals surface area contributed by atoms with Crippen molar-refractivity contribution in [3.05, 3.63) is 29.3 Å². The van der Waals surface area contributed by atoms with Gasteiger partial charge in [-0.3, -0.25) is 0 Å². The molecule has 0 radical (unpaired) electrons. The fraction of sp³-hybridized carbons (Fsp3) is 0.562. The maximum atomic E-state index is 11.8. The second kappa shape index (κ2) is 6.09. The second-order valence-electron chi connectivity index (χ2n) is 5.52. The minimum atomic E-state index is -0.273. The molecule has 0 saturated heterocycles. The number of rotatable bonds is 4. The Hall–Kier alpha value is -1.51. The Bertz CT molecular complexity index is 450.